The van der Waals surface area contributed by atoms with Gasteiger partial charge in [-0.15, -0.1) is 0 Å². The maximum atomic E-state index is 5.96. The number of morpholine rings is 1. The Morgan fingerprint density at radius 2 is 2.20 bits per heavy atom. The van der Waals surface area contributed by atoms with Crippen molar-refractivity contribution in [3.8, 4) is 0 Å². The molecule has 0 radical (unpaired) electrons. The molecule has 0 spiro atoms. The number of hydrogen-bond donors (Lipinski definition) is 1. The lowest BCUT2D eigenvalue weighted by Crippen LogP contribution is -2.51. The zero-order chi connectivity index (χ0) is 14.8. The molecule has 2 heterocycles. The maximum absolute atomic E-state index is 5.96. The number of nitrogens with zero attached hydrogens (tertiary/aromatic N) is 1. The van der Waals surface area contributed by atoms with Crippen LogP contribution in [0.15, 0.2) is 10.5 Å². The van der Waals surface area contributed by atoms with Gasteiger partial charge in [0.2, 0.25) is 0 Å². The number of hydrogen-bond acceptors (Lipinski definition) is 4. The van der Waals surface area contributed by atoms with Gasteiger partial charge in [-0.05, 0) is 40.3 Å². The molecule has 1 aromatic heterocycles. The van der Waals surface area contributed by atoms with Gasteiger partial charge in [-0.1, -0.05) is 6.92 Å². The predicted molar refractivity (Wildman–Crippen MR) is 80.7 cm³/mol. The van der Waals surface area contributed by atoms with E-state index in [2.05, 4.69) is 50.9 Å². The molecule has 114 valence electrons. The molecule has 0 saturated carbocycles. The van der Waals surface area contributed by atoms with E-state index in [4.69, 9.17) is 9.15 Å². The van der Waals surface area contributed by atoms with E-state index in [-0.39, 0.29) is 11.7 Å². The Labute approximate surface area is 122 Å². The van der Waals surface area contributed by atoms with E-state index < -0.39 is 0 Å². The van der Waals surface area contributed by atoms with Crippen LogP contribution in [0.5, 0.6) is 0 Å². The predicted octanol–water partition coefficient (Wildman–Crippen LogP) is 2.70. The molecule has 0 bridgehead atoms. The molecule has 1 unspecified atom stereocenters. The highest BCUT2D eigenvalue weighted by Crippen LogP contribution is 2.24. The van der Waals surface area contributed by atoms with E-state index in [0.717, 1.165) is 44.2 Å². The molecule has 0 amide bonds. The number of ether oxygens (including phenoxy) is 1. The minimum atomic E-state index is -0.0676. The van der Waals surface area contributed by atoms with Gasteiger partial charge < -0.3 is 14.5 Å². The molecule has 1 aromatic rings. The van der Waals surface area contributed by atoms with Crippen molar-refractivity contribution in [3.63, 3.8) is 0 Å². The van der Waals surface area contributed by atoms with E-state index >= 15 is 0 Å². The van der Waals surface area contributed by atoms with Crippen molar-refractivity contribution in [2.24, 2.45) is 0 Å². The molecule has 4 nitrogen and oxygen atoms in total. The summed E-state index contributed by atoms with van der Waals surface area (Å²) < 4.78 is 11.8. The number of nitrogens with one attached hydrogen (secondary N) is 1. The van der Waals surface area contributed by atoms with Crippen molar-refractivity contribution in [1.29, 1.82) is 0 Å². The molecule has 1 aliphatic heterocycles. The maximum Gasteiger partial charge on any atom is 0.118 e. The molecule has 0 aliphatic carbocycles. The largest absolute Gasteiger partial charge is 0.465 e. The second kappa shape index (κ2) is 6.29. The highest BCUT2D eigenvalue weighted by Gasteiger charge is 2.31. The summed E-state index contributed by atoms with van der Waals surface area (Å²) in [4.78, 5) is 2.46. The molecule has 1 fully saturated rings. The zero-order valence-corrected chi connectivity index (χ0v) is 13.5. The van der Waals surface area contributed by atoms with E-state index in [9.17, 15) is 0 Å². The van der Waals surface area contributed by atoms with E-state index in [1.807, 2.05) is 0 Å². The number of aryl methyl sites for hydroxylation is 1. The van der Waals surface area contributed by atoms with E-state index in [1.165, 1.54) is 5.56 Å². The molecule has 2 rings (SSSR count). The molecular weight excluding hydrogens is 252 g/mol. The Kier molecular flexibility index (Phi) is 4.89. The number of rotatable bonds is 5. The van der Waals surface area contributed by atoms with Crippen molar-refractivity contribution in [2.45, 2.75) is 59.4 Å². The monoisotopic (exact) mass is 280 g/mol. The summed E-state index contributed by atoms with van der Waals surface area (Å²) in [5, 5.41) is 3.30. The second-order valence-corrected chi connectivity index (χ2v) is 6.43. The van der Waals surface area contributed by atoms with Gasteiger partial charge in [0.05, 0.1) is 18.2 Å². The van der Waals surface area contributed by atoms with Gasteiger partial charge in [0.1, 0.15) is 11.5 Å². The quantitative estimate of drug-likeness (QED) is 0.900. The van der Waals surface area contributed by atoms with Crippen LogP contribution >= 0.6 is 0 Å². The van der Waals surface area contributed by atoms with Gasteiger partial charge in [0, 0.05) is 25.2 Å². The third-order valence-electron chi connectivity index (χ3n) is 3.65. The first-order chi connectivity index (χ1) is 9.39. The first-order valence-electron chi connectivity index (χ1n) is 7.58. The third kappa shape index (κ3) is 4.08. The van der Waals surface area contributed by atoms with Crippen molar-refractivity contribution in [3.05, 3.63) is 23.2 Å². The van der Waals surface area contributed by atoms with Gasteiger partial charge in [0.15, 0.2) is 0 Å². The van der Waals surface area contributed by atoms with E-state index in [1.54, 1.807) is 0 Å². The summed E-state index contributed by atoms with van der Waals surface area (Å²) in [6, 6.07) is 2.19. The highest BCUT2D eigenvalue weighted by molar-refractivity contribution is 5.21. The van der Waals surface area contributed by atoms with Crippen molar-refractivity contribution >= 4 is 0 Å². The van der Waals surface area contributed by atoms with Crippen LogP contribution in [0.25, 0.3) is 0 Å². The Morgan fingerprint density at radius 1 is 1.45 bits per heavy atom. The molecule has 4 heteroatoms. The Balaban J connectivity index is 2.00. The van der Waals surface area contributed by atoms with Gasteiger partial charge in [-0.3, -0.25) is 4.90 Å². The normalized spacial score (nSPS) is 23.1. The fourth-order valence-corrected chi connectivity index (χ4v) is 3.03. The van der Waals surface area contributed by atoms with Gasteiger partial charge in [-0.25, -0.2) is 0 Å². The highest BCUT2D eigenvalue weighted by atomic mass is 16.5. The summed E-state index contributed by atoms with van der Waals surface area (Å²) >= 11 is 0. The number of furan rings is 1. The molecule has 20 heavy (non-hydrogen) atoms. The lowest BCUT2D eigenvalue weighted by molar-refractivity contribution is -0.130. The SMILES string of the molecule is CCNCc1cc(CN2CC(C)OC(C)(C)C2)c(C)o1. The summed E-state index contributed by atoms with van der Waals surface area (Å²) in [6.07, 6.45) is 0.284. The zero-order valence-electron chi connectivity index (χ0n) is 13.5. The van der Waals surface area contributed by atoms with Crippen LogP contribution in [0.3, 0.4) is 0 Å². The first-order valence-corrected chi connectivity index (χ1v) is 7.58. The lowest BCUT2D eigenvalue weighted by atomic mass is 10.0. The average Bonchev–Trinajstić information content (AvgIpc) is 2.65. The fourth-order valence-electron chi connectivity index (χ4n) is 3.03. The molecular formula is C16H28N2O2. The molecule has 1 N–H and O–H groups in total. The summed E-state index contributed by atoms with van der Waals surface area (Å²) in [6.45, 7) is 15.3. The summed E-state index contributed by atoms with van der Waals surface area (Å²) in [7, 11) is 0. The summed E-state index contributed by atoms with van der Waals surface area (Å²) in [5.74, 6) is 2.06. The summed E-state index contributed by atoms with van der Waals surface area (Å²) in [5.41, 5.74) is 1.23. The smallest absolute Gasteiger partial charge is 0.118 e. The van der Waals surface area contributed by atoms with Crippen LogP contribution < -0.4 is 5.32 Å². The van der Waals surface area contributed by atoms with Crippen LogP contribution in [-0.2, 0) is 17.8 Å². The molecule has 1 saturated heterocycles. The lowest BCUT2D eigenvalue weighted by Gasteiger charge is -2.41. The van der Waals surface area contributed by atoms with Crippen LogP contribution in [0.1, 0.15) is 44.8 Å². The molecule has 1 atom stereocenters. The first kappa shape index (κ1) is 15.5. The average molecular weight is 280 g/mol. The Bertz CT molecular complexity index is 440. The molecule has 0 aromatic carbocycles. The second-order valence-electron chi connectivity index (χ2n) is 6.43. The van der Waals surface area contributed by atoms with Gasteiger partial charge >= 0.3 is 0 Å². The van der Waals surface area contributed by atoms with Crippen molar-refractivity contribution < 1.29 is 9.15 Å². The van der Waals surface area contributed by atoms with E-state index in [0.29, 0.717) is 0 Å². The standard InChI is InChI=1S/C16H28N2O2/c1-6-17-8-15-7-14(13(3)19-15)10-18-9-12(2)20-16(4,5)11-18/h7,12,17H,6,8-11H2,1-5H3. The third-order valence-corrected chi connectivity index (χ3v) is 3.65. The van der Waals surface area contributed by atoms with Gasteiger partial charge in [-0.2, -0.15) is 0 Å². The topological polar surface area (TPSA) is 37.6 Å². The minimum absolute atomic E-state index is 0.0676. The molecule has 1 aliphatic rings. The van der Waals surface area contributed by atoms with Gasteiger partial charge in [0.25, 0.3) is 0 Å². The van der Waals surface area contributed by atoms with Crippen molar-refractivity contribution in [1.82, 2.24) is 10.2 Å². The fraction of sp³-hybridized carbons (Fsp3) is 0.750. The van der Waals surface area contributed by atoms with Crippen LogP contribution in [0, 0.1) is 6.92 Å². The van der Waals surface area contributed by atoms with Crippen molar-refractivity contribution in [2.75, 3.05) is 19.6 Å². The van der Waals surface area contributed by atoms with Crippen LogP contribution in [0.4, 0.5) is 0 Å². The Hall–Kier alpha value is -0.840. The Morgan fingerprint density at radius 3 is 2.85 bits per heavy atom. The van der Waals surface area contributed by atoms with Crippen LogP contribution in [-0.4, -0.2) is 36.2 Å². The minimum Gasteiger partial charge on any atom is -0.465 e. The van der Waals surface area contributed by atoms with Crippen LogP contribution in [0.2, 0.25) is 0 Å².